The monoisotopic (exact) mass is 426 g/mol. The molecule has 0 spiro atoms. The summed E-state index contributed by atoms with van der Waals surface area (Å²) < 4.78 is 14.7. The fourth-order valence-corrected chi connectivity index (χ4v) is 2.11. The standard InChI is InChI=1S/C19H23BrO6/c1-7-11-19(16(22)24-5,17(23)25-6)12-8-9-14(10-13-20)26-15(21)18(2,3)4/h1,8-9,14H,11-12H2,2-6H3/b9-8+. The number of hydrogen-bond acceptors (Lipinski definition) is 6. The average molecular weight is 427 g/mol. The molecule has 0 saturated heterocycles. The van der Waals surface area contributed by atoms with E-state index < -0.39 is 34.8 Å². The van der Waals surface area contributed by atoms with Crippen LogP contribution in [-0.2, 0) is 28.6 Å². The molecule has 0 heterocycles. The van der Waals surface area contributed by atoms with Crippen LogP contribution in [-0.4, -0.2) is 38.2 Å². The van der Waals surface area contributed by atoms with Crippen LogP contribution in [0, 0.1) is 33.9 Å². The molecule has 0 amide bonds. The predicted octanol–water partition coefficient (Wildman–Crippen LogP) is 2.60. The van der Waals surface area contributed by atoms with Crippen LogP contribution in [0.4, 0.5) is 0 Å². The number of halogens is 1. The third-order valence-corrected chi connectivity index (χ3v) is 3.61. The average Bonchev–Trinajstić information content (AvgIpc) is 2.58. The van der Waals surface area contributed by atoms with Gasteiger partial charge in [0, 0.05) is 22.4 Å². The lowest BCUT2D eigenvalue weighted by Gasteiger charge is -2.25. The van der Waals surface area contributed by atoms with E-state index in [1.165, 1.54) is 12.2 Å². The fraction of sp³-hybridized carbons (Fsp3) is 0.526. The van der Waals surface area contributed by atoms with E-state index in [9.17, 15) is 14.4 Å². The van der Waals surface area contributed by atoms with Gasteiger partial charge in [0.1, 0.15) is 0 Å². The molecule has 0 bridgehead atoms. The van der Waals surface area contributed by atoms with E-state index in [1.54, 1.807) is 20.8 Å². The summed E-state index contributed by atoms with van der Waals surface area (Å²) in [6.07, 6.45) is 7.11. The fourth-order valence-electron chi connectivity index (χ4n) is 1.89. The SMILES string of the molecule is C#CCC(C/C=C/C(C#CBr)OC(=O)C(C)(C)C)(C(=O)OC)C(=O)OC. The van der Waals surface area contributed by atoms with Crippen LogP contribution in [0.5, 0.6) is 0 Å². The van der Waals surface area contributed by atoms with Gasteiger partial charge in [-0.3, -0.25) is 14.4 Å². The minimum absolute atomic E-state index is 0.0932. The number of terminal acetylenes is 1. The molecule has 26 heavy (non-hydrogen) atoms. The van der Waals surface area contributed by atoms with Gasteiger partial charge in [-0.25, -0.2) is 0 Å². The Balaban J connectivity index is 5.54. The summed E-state index contributed by atoms with van der Waals surface area (Å²) >= 11 is 2.95. The third kappa shape index (κ3) is 6.57. The van der Waals surface area contributed by atoms with E-state index in [0.717, 1.165) is 14.2 Å². The second-order valence-electron chi connectivity index (χ2n) is 6.39. The van der Waals surface area contributed by atoms with Crippen LogP contribution in [0.2, 0.25) is 0 Å². The Morgan fingerprint density at radius 1 is 1.12 bits per heavy atom. The zero-order valence-electron chi connectivity index (χ0n) is 15.6. The van der Waals surface area contributed by atoms with Crippen LogP contribution in [0.25, 0.3) is 0 Å². The molecule has 0 aromatic rings. The maximum Gasteiger partial charge on any atom is 0.324 e. The first-order valence-corrected chi connectivity index (χ1v) is 8.47. The van der Waals surface area contributed by atoms with Crippen molar-refractivity contribution in [3.8, 4) is 23.1 Å². The normalized spacial score (nSPS) is 12.3. The molecule has 0 radical (unpaired) electrons. The first-order valence-electron chi connectivity index (χ1n) is 7.68. The number of hydrogen-bond donors (Lipinski definition) is 0. The summed E-state index contributed by atoms with van der Waals surface area (Å²) in [5, 5.41) is 0. The van der Waals surface area contributed by atoms with E-state index in [0.29, 0.717) is 0 Å². The molecule has 6 nitrogen and oxygen atoms in total. The molecule has 0 aliphatic rings. The van der Waals surface area contributed by atoms with Gasteiger partial charge in [-0.15, -0.1) is 12.3 Å². The van der Waals surface area contributed by atoms with Gasteiger partial charge >= 0.3 is 17.9 Å². The first kappa shape index (κ1) is 23.8. The van der Waals surface area contributed by atoms with Crippen molar-refractivity contribution in [2.24, 2.45) is 10.8 Å². The van der Waals surface area contributed by atoms with Crippen LogP contribution in [0.1, 0.15) is 33.6 Å². The topological polar surface area (TPSA) is 78.9 Å². The molecule has 0 saturated carbocycles. The molecular formula is C19H23BrO6. The van der Waals surface area contributed by atoms with Crippen LogP contribution in [0.3, 0.4) is 0 Å². The molecule has 0 aliphatic heterocycles. The van der Waals surface area contributed by atoms with E-state index >= 15 is 0 Å². The summed E-state index contributed by atoms with van der Waals surface area (Å²) in [6, 6.07) is 0. The molecule has 1 unspecified atom stereocenters. The second kappa shape index (κ2) is 10.7. The van der Waals surface area contributed by atoms with Crippen LogP contribution >= 0.6 is 15.9 Å². The molecule has 0 N–H and O–H groups in total. The number of methoxy groups -OCH3 is 2. The van der Waals surface area contributed by atoms with Crippen molar-refractivity contribution in [1.29, 1.82) is 0 Å². The zero-order chi connectivity index (χ0) is 20.4. The maximum atomic E-state index is 12.2. The highest BCUT2D eigenvalue weighted by Crippen LogP contribution is 2.30. The number of carbonyl (C=O) groups is 3. The maximum absolute atomic E-state index is 12.2. The second-order valence-corrected chi connectivity index (χ2v) is 6.79. The van der Waals surface area contributed by atoms with Gasteiger partial charge in [0.15, 0.2) is 11.5 Å². The lowest BCUT2D eigenvalue weighted by Crippen LogP contribution is -2.40. The number of carbonyl (C=O) groups excluding carboxylic acids is 3. The molecule has 7 heteroatoms. The Morgan fingerprint density at radius 2 is 1.65 bits per heavy atom. The third-order valence-electron chi connectivity index (χ3n) is 3.38. The molecule has 1 atom stereocenters. The van der Waals surface area contributed by atoms with Gasteiger partial charge in [0.25, 0.3) is 0 Å². The summed E-state index contributed by atoms with van der Waals surface area (Å²) in [6.45, 7) is 5.14. The molecule has 0 fully saturated rings. The smallest absolute Gasteiger partial charge is 0.324 e. The number of ether oxygens (including phenoxy) is 3. The lowest BCUT2D eigenvalue weighted by molar-refractivity contribution is -0.168. The predicted molar refractivity (Wildman–Crippen MR) is 99.7 cm³/mol. The van der Waals surface area contributed by atoms with Crippen molar-refractivity contribution in [2.45, 2.75) is 39.7 Å². The number of esters is 3. The largest absolute Gasteiger partial charge is 0.468 e. The van der Waals surface area contributed by atoms with Crippen LogP contribution in [0.15, 0.2) is 12.2 Å². The zero-order valence-corrected chi connectivity index (χ0v) is 17.1. The van der Waals surface area contributed by atoms with Gasteiger partial charge in [-0.2, -0.15) is 0 Å². The van der Waals surface area contributed by atoms with Crippen molar-refractivity contribution < 1.29 is 28.6 Å². The summed E-state index contributed by atoms with van der Waals surface area (Å²) in [7, 11) is 2.31. The molecule has 0 rings (SSSR count). The highest BCUT2D eigenvalue weighted by molar-refractivity contribution is 9.12. The Hall–Kier alpha value is -2.25. The van der Waals surface area contributed by atoms with E-state index in [2.05, 4.69) is 32.6 Å². The molecular weight excluding hydrogens is 404 g/mol. The number of allylic oxidation sites excluding steroid dienone is 1. The molecule has 0 aromatic heterocycles. The van der Waals surface area contributed by atoms with Crippen molar-refractivity contribution >= 4 is 33.8 Å². The van der Waals surface area contributed by atoms with Gasteiger partial charge in [-0.1, -0.05) is 6.08 Å². The molecule has 0 aliphatic carbocycles. The van der Waals surface area contributed by atoms with E-state index in [1.807, 2.05) is 0 Å². The highest BCUT2D eigenvalue weighted by Gasteiger charge is 2.47. The van der Waals surface area contributed by atoms with Crippen molar-refractivity contribution in [3.63, 3.8) is 0 Å². The summed E-state index contributed by atoms with van der Waals surface area (Å²) in [5.41, 5.74) is -2.37. The van der Waals surface area contributed by atoms with Gasteiger partial charge < -0.3 is 14.2 Å². The minimum Gasteiger partial charge on any atom is -0.468 e. The summed E-state index contributed by atoms with van der Waals surface area (Å²) in [5.74, 6) is 2.90. The van der Waals surface area contributed by atoms with Crippen molar-refractivity contribution in [3.05, 3.63) is 12.2 Å². The Bertz CT molecular complexity index is 638. The van der Waals surface area contributed by atoms with Crippen LogP contribution < -0.4 is 0 Å². The van der Waals surface area contributed by atoms with Gasteiger partial charge in [0.2, 0.25) is 0 Å². The highest BCUT2D eigenvalue weighted by atomic mass is 79.9. The van der Waals surface area contributed by atoms with Crippen molar-refractivity contribution in [1.82, 2.24) is 0 Å². The molecule has 142 valence electrons. The lowest BCUT2D eigenvalue weighted by atomic mass is 9.81. The number of rotatable bonds is 7. The molecule has 0 aromatic carbocycles. The summed E-state index contributed by atoms with van der Waals surface area (Å²) in [4.78, 5) is 38.8. The Kier molecular flexibility index (Phi) is 9.75. The van der Waals surface area contributed by atoms with Gasteiger partial charge in [0.05, 0.1) is 19.6 Å². The Morgan fingerprint density at radius 3 is 2.04 bits per heavy atom. The quantitative estimate of drug-likeness (QED) is 0.204. The van der Waals surface area contributed by atoms with E-state index in [-0.39, 0.29) is 12.8 Å². The first-order chi connectivity index (χ1) is 12.1. The van der Waals surface area contributed by atoms with Gasteiger partial charge in [-0.05, 0) is 44.0 Å². The van der Waals surface area contributed by atoms with E-state index in [4.69, 9.17) is 20.6 Å². The Labute approximate surface area is 162 Å². The van der Waals surface area contributed by atoms with Crippen molar-refractivity contribution in [2.75, 3.05) is 14.2 Å². The minimum atomic E-state index is -1.67.